The van der Waals surface area contributed by atoms with E-state index in [1.54, 1.807) is 12.1 Å². The first-order chi connectivity index (χ1) is 13.7. The van der Waals surface area contributed by atoms with Crippen molar-refractivity contribution in [2.24, 2.45) is 10.9 Å². The highest BCUT2D eigenvalue weighted by Crippen LogP contribution is 2.22. The maximum atomic E-state index is 12.6. The van der Waals surface area contributed by atoms with Crippen molar-refractivity contribution in [2.75, 3.05) is 5.32 Å². The Labute approximate surface area is 164 Å². The summed E-state index contributed by atoms with van der Waals surface area (Å²) >= 11 is 0. The second-order valence-corrected chi connectivity index (χ2v) is 7.41. The molecular formula is C23H24N2O3. The number of nitrogens with one attached hydrogen (secondary N) is 1. The number of amides is 2. The second-order valence-electron chi connectivity index (χ2n) is 7.41. The summed E-state index contributed by atoms with van der Waals surface area (Å²) in [4.78, 5) is 28.9. The predicted molar refractivity (Wildman–Crippen MR) is 107 cm³/mol. The molecule has 2 amide bonds. The number of benzene rings is 2. The van der Waals surface area contributed by atoms with Crippen molar-refractivity contribution in [3.63, 3.8) is 0 Å². The van der Waals surface area contributed by atoms with Gasteiger partial charge in [0.25, 0.3) is 5.91 Å². The van der Waals surface area contributed by atoms with Gasteiger partial charge in [-0.1, -0.05) is 55.7 Å². The van der Waals surface area contributed by atoms with Gasteiger partial charge >= 0.3 is 0 Å². The van der Waals surface area contributed by atoms with Crippen LogP contribution >= 0.6 is 0 Å². The zero-order valence-corrected chi connectivity index (χ0v) is 15.8. The number of carbonyl (C=O) groups excluding carboxylic acids is 2. The molecule has 2 aromatic carbocycles. The minimum Gasteiger partial charge on any atom is -0.374 e. The van der Waals surface area contributed by atoms with Gasteiger partial charge in [0.15, 0.2) is 0 Å². The van der Waals surface area contributed by atoms with Gasteiger partial charge in [-0.25, -0.2) is 4.99 Å². The van der Waals surface area contributed by atoms with Gasteiger partial charge in [0, 0.05) is 5.69 Å². The van der Waals surface area contributed by atoms with Crippen LogP contribution in [0.3, 0.4) is 0 Å². The molecule has 2 aromatic rings. The van der Waals surface area contributed by atoms with Crippen LogP contribution in [0.25, 0.3) is 6.08 Å². The van der Waals surface area contributed by atoms with E-state index in [0.717, 1.165) is 23.6 Å². The molecule has 1 unspecified atom stereocenters. The van der Waals surface area contributed by atoms with Gasteiger partial charge in [0.1, 0.15) is 5.92 Å². The predicted octanol–water partition coefficient (Wildman–Crippen LogP) is 2.73. The first-order valence-corrected chi connectivity index (χ1v) is 9.90. The number of anilines is 1. The summed E-state index contributed by atoms with van der Waals surface area (Å²) in [7, 11) is 0. The summed E-state index contributed by atoms with van der Waals surface area (Å²) in [5.41, 5.74) is 1.67. The molecule has 2 aliphatic rings. The fourth-order valence-corrected chi connectivity index (χ4v) is 3.76. The number of fused-ring (bicyclic) bond motifs is 1. The molecule has 1 N–H and O–H groups in total. The first kappa shape index (κ1) is 18.6. The molecule has 0 aromatic heterocycles. The molecule has 5 nitrogen and oxygen atoms in total. The van der Waals surface area contributed by atoms with Crippen molar-refractivity contribution in [3.05, 3.63) is 64.7 Å². The number of ether oxygens (including phenoxy) is 1. The van der Waals surface area contributed by atoms with Crippen LogP contribution in [0.15, 0.2) is 53.5 Å². The summed E-state index contributed by atoms with van der Waals surface area (Å²) in [6.07, 6.45) is 8.04. The Morgan fingerprint density at radius 1 is 1.07 bits per heavy atom. The molecule has 0 spiro atoms. The van der Waals surface area contributed by atoms with Crippen LogP contribution in [-0.2, 0) is 20.9 Å². The van der Waals surface area contributed by atoms with E-state index in [4.69, 9.17) is 4.74 Å². The quantitative estimate of drug-likeness (QED) is 0.816. The van der Waals surface area contributed by atoms with Crippen molar-refractivity contribution in [1.82, 2.24) is 0 Å². The van der Waals surface area contributed by atoms with E-state index >= 15 is 0 Å². The van der Waals surface area contributed by atoms with E-state index in [1.165, 1.54) is 19.3 Å². The lowest BCUT2D eigenvalue weighted by atomic mass is 9.98. The molecular weight excluding hydrogens is 352 g/mol. The molecule has 1 fully saturated rings. The minimum atomic E-state index is -0.906. The standard InChI is InChI=1S/C23H24N2O3/c26-22(20-14-17-8-4-5-12-21(17)25-23(20)27)24-18-9-6-7-16(13-18)15-28-19-10-2-1-3-11-19/h4-9,12-14,19-20H,1-3,10-11,15H2,(H,24,26). The van der Waals surface area contributed by atoms with Crippen molar-refractivity contribution < 1.29 is 14.3 Å². The highest BCUT2D eigenvalue weighted by atomic mass is 16.5. The second kappa shape index (κ2) is 8.48. The Balaban J connectivity index is 1.42. The average molecular weight is 376 g/mol. The molecule has 1 aliphatic carbocycles. The molecule has 1 heterocycles. The highest BCUT2D eigenvalue weighted by Gasteiger charge is 2.26. The van der Waals surface area contributed by atoms with E-state index in [0.29, 0.717) is 23.8 Å². The van der Waals surface area contributed by atoms with Crippen LogP contribution in [0, 0.1) is 5.92 Å². The summed E-state index contributed by atoms with van der Waals surface area (Å²) < 4.78 is 6.01. The zero-order chi connectivity index (χ0) is 19.3. The van der Waals surface area contributed by atoms with Crippen LogP contribution in [0.2, 0.25) is 0 Å². The van der Waals surface area contributed by atoms with Gasteiger partial charge in [-0.3, -0.25) is 9.59 Å². The molecule has 0 radical (unpaired) electrons. The Morgan fingerprint density at radius 2 is 1.89 bits per heavy atom. The lowest BCUT2D eigenvalue weighted by molar-refractivity contribution is -0.128. The monoisotopic (exact) mass is 376 g/mol. The fraction of sp³-hybridized carbons (Fsp3) is 0.348. The van der Waals surface area contributed by atoms with Crippen LogP contribution < -0.4 is 15.9 Å². The maximum absolute atomic E-state index is 12.6. The van der Waals surface area contributed by atoms with Gasteiger partial charge in [-0.2, -0.15) is 0 Å². The lowest BCUT2D eigenvalue weighted by Crippen LogP contribution is -2.38. The summed E-state index contributed by atoms with van der Waals surface area (Å²) in [5.74, 6) is -1.71. The smallest absolute Gasteiger partial charge is 0.262 e. The number of hydrogen-bond acceptors (Lipinski definition) is 3. The van der Waals surface area contributed by atoms with Crippen LogP contribution in [-0.4, -0.2) is 17.9 Å². The third-order valence-electron chi connectivity index (χ3n) is 5.29. The van der Waals surface area contributed by atoms with Gasteiger partial charge in [0.05, 0.1) is 18.1 Å². The van der Waals surface area contributed by atoms with Crippen LogP contribution in [0.4, 0.5) is 5.69 Å². The molecule has 28 heavy (non-hydrogen) atoms. The van der Waals surface area contributed by atoms with E-state index in [9.17, 15) is 9.59 Å². The van der Waals surface area contributed by atoms with Gasteiger partial charge in [-0.05, 0) is 41.8 Å². The van der Waals surface area contributed by atoms with E-state index < -0.39 is 11.8 Å². The molecule has 1 saturated carbocycles. The number of carbonyl (C=O) groups is 2. The third kappa shape index (κ3) is 4.37. The SMILES string of the molecule is O=C1N=c2ccccc2=CC1C(=O)Nc1cccc(COC2CCCCC2)c1. The molecule has 144 valence electrons. The Kier molecular flexibility index (Phi) is 5.63. The third-order valence-corrected chi connectivity index (χ3v) is 5.29. The number of nitrogens with zero attached hydrogens (tertiary/aromatic N) is 1. The summed E-state index contributed by atoms with van der Waals surface area (Å²) in [6, 6.07) is 14.9. The van der Waals surface area contributed by atoms with Crippen molar-refractivity contribution >= 4 is 23.6 Å². The fourth-order valence-electron chi connectivity index (χ4n) is 3.76. The molecule has 0 bridgehead atoms. The highest BCUT2D eigenvalue weighted by molar-refractivity contribution is 6.11. The van der Waals surface area contributed by atoms with Gasteiger partial charge in [0.2, 0.25) is 5.91 Å². The van der Waals surface area contributed by atoms with Gasteiger partial charge in [-0.15, -0.1) is 0 Å². The number of hydrogen-bond donors (Lipinski definition) is 1. The zero-order valence-electron chi connectivity index (χ0n) is 15.8. The van der Waals surface area contributed by atoms with Crippen molar-refractivity contribution in [3.8, 4) is 0 Å². The normalized spacial score (nSPS) is 19.3. The molecule has 1 aliphatic heterocycles. The molecule has 0 saturated heterocycles. The summed E-state index contributed by atoms with van der Waals surface area (Å²) in [5, 5.41) is 4.26. The van der Waals surface area contributed by atoms with Crippen molar-refractivity contribution in [1.29, 1.82) is 0 Å². The topological polar surface area (TPSA) is 67.8 Å². The van der Waals surface area contributed by atoms with Crippen LogP contribution in [0.1, 0.15) is 37.7 Å². The number of para-hydroxylation sites is 1. The molecule has 5 heteroatoms. The Bertz CT molecular complexity index is 993. The molecule has 1 atom stereocenters. The average Bonchev–Trinajstić information content (AvgIpc) is 2.73. The summed E-state index contributed by atoms with van der Waals surface area (Å²) in [6.45, 7) is 0.533. The van der Waals surface area contributed by atoms with Gasteiger partial charge < -0.3 is 10.1 Å². The van der Waals surface area contributed by atoms with Crippen LogP contribution in [0.5, 0.6) is 0 Å². The molecule has 4 rings (SSSR count). The van der Waals surface area contributed by atoms with E-state index in [1.807, 2.05) is 42.5 Å². The minimum absolute atomic E-state index is 0.336. The van der Waals surface area contributed by atoms with Crippen molar-refractivity contribution in [2.45, 2.75) is 44.8 Å². The van der Waals surface area contributed by atoms with E-state index in [-0.39, 0.29) is 5.91 Å². The first-order valence-electron chi connectivity index (χ1n) is 9.90. The maximum Gasteiger partial charge on any atom is 0.262 e. The Hall–Kier alpha value is -2.79. The largest absolute Gasteiger partial charge is 0.374 e. The Morgan fingerprint density at radius 3 is 2.75 bits per heavy atom. The van der Waals surface area contributed by atoms with E-state index in [2.05, 4.69) is 10.3 Å². The lowest BCUT2D eigenvalue weighted by Gasteiger charge is -2.22. The number of rotatable bonds is 5.